The molecule has 1 aliphatic rings. The van der Waals surface area contributed by atoms with Gasteiger partial charge in [0, 0.05) is 0 Å². The molecule has 0 heteroatoms. The van der Waals surface area contributed by atoms with Crippen LogP contribution in [0.15, 0.2) is 0 Å². The summed E-state index contributed by atoms with van der Waals surface area (Å²) in [5, 5.41) is 0. The smallest absolute Gasteiger partial charge is 0.0246 e. The summed E-state index contributed by atoms with van der Waals surface area (Å²) in [7, 11) is 0. The van der Waals surface area contributed by atoms with Gasteiger partial charge in [0.2, 0.25) is 0 Å². The Morgan fingerprint density at radius 3 is 1.83 bits per heavy atom. The lowest BCUT2D eigenvalue weighted by Crippen LogP contribution is -2.54. The third-order valence-corrected chi connectivity index (χ3v) is 4.87. The average molecular weight is 168 g/mol. The van der Waals surface area contributed by atoms with Gasteiger partial charge in [-0.15, -0.1) is 0 Å². The van der Waals surface area contributed by atoms with Crippen LogP contribution in [0, 0.1) is 16.7 Å². The second-order valence-corrected chi connectivity index (χ2v) is 5.02. The summed E-state index contributed by atoms with van der Waals surface area (Å²) in [4.78, 5) is 0. The topological polar surface area (TPSA) is 0 Å². The third-order valence-electron chi connectivity index (χ3n) is 4.87. The number of rotatable bonds is 3. The molecule has 1 unspecified atom stereocenters. The highest BCUT2D eigenvalue weighted by Crippen LogP contribution is 2.64. The van der Waals surface area contributed by atoms with E-state index in [-0.39, 0.29) is 0 Å². The van der Waals surface area contributed by atoms with Crippen LogP contribution in [0.4, 0.5) is 0 Å². The minimum atomic E-state index is 0.602. The summed E-state index contributed by atoms with van der Waals surface area (Å²) in [5.74, 6) is 0.984. The second-order valence-electron chi connectivity index (χ2n) is 5.02. The van der Waals surface area contributed by atoms with Crippen molar-refractivity contribution in [2.45, 2.75) is 60.3 Å². The highest BCUT2D eigenvalue weighted by Gasteiger charge is 2.56. The number of hydrogen-bond donors (Lipinski definition) is 0. The average Bonchev–Trinajstić information content (AvgIpc) is 2.05. The molecule has 0 aromatic heterocycles. The zero-order valence-corrected chi connectivity index (χ0v) is 9.41. The Labute approximate surface area is 77.7 Å². The van der Waals surface area contributed by atoms with Gasteiger partial charge in [-0.05, 0) is 36.0 Å². The molecule has 0 bridgehead atoms. The minimum Gasteiger partial charge on any atom is -0.0651 e. The van der Waals surface area contributed by atoms with Crippen LogP contribution in [0.1, 0.15) is 60.3 Å². The molecule has 12 heavy (non-hydrogen) atoms. The van der Waals surface area contributed by atoms with E-state index >= 15 is 0 Å². The van der Waals surface area contributed by atoms with Crippen LogP contribution in [0.5, 0.6) is 0 Å². The van der Waals surface area contributed by atoms with Crippen LogP contribution < -0.4 is 0 Å². The predicted octanol–water partition coefficient (Wildman–Crippen LogP) is 4.25. The van der Waals surface area contributed by atoms with E-state index in [1.165, 1.54) is 25.7 Å². The Bertz CT molecular complexity index is 151. The van der Waals surface area contributed by atoms with Crippen molar-refractivity contribution < 1.29 is 0 Å². The van der Waals surface area contributed by atoms with Gasteiger partial charge in [-0.1, -0.05) is 41.0 Å². The summed E-state index contributed by atoms with van der Waals surface area (Å²) in [6.45, 7) is 12.0. The summed E-state index contributed by atoms with van der Waals surface area (Å²) >= 11 is 0. The molecule has 0 radical (unpaired) electrons. The summed E-state index contributed by atoms with van der Waals surface area (Å²) in [6, 6.07) is 0. The van der Waals surface area contributed by atoms with E-state index < -0.39 is 0 Å². The van der Waals surface area contributed by atoms with Crippen molar-refractivity contribution in [3.63, 3.8) is 0 Å². The van der Waals surface area contributed by atoms with Gasteiger partial charge in [-0.25, -0.2) is 0 Å². The molecule has 0 aromatic carbocycles. The molecule has 0 spiro atoms. The Balaban J connectivity index is 2.73. The Morgan fingerprint density at radius 1 is 1.08 bits per heavy atom. The van der Waals surface area contributed by atoms with Crippen molar-refractivity contribution in [1.82, 2.24) is 0 Å². The molecule has 0 amide bonds. The summed E-state index contributed by atoms with van der Waals surface area (Å²) < 4.78 is 0. The molecule has 1 atom stereocenters. The molecule has 0 heterocycles. The van der Waals surface area contributed by atoms with Crippen molar-refractivity contribution in [3.8, 4) is 0 Å². The normalized spacial score (nSPS) is 31.2. The van der Waals surface area contributed by atoms with Crippen LogP contribution in [-0.2, 0) is 0 Å². The van der Waals surface area contributed by atoms with Crippen molar-refractivity contribution in [2.75, 3.05) is 0 Å². The van der Waals surface area contributed by atoms with E-state index in [2.05, 4.69) is 34.6 Å². The molecule has 0 aliphatic heterocycles. The second kappa shape index (κ2) is 3.05. The quantitative estimate of drug-likeness (QED) is 0.591. The first kappa shape index (κ1) is 10.1. The molecular weight excluding hydrogens is 144 g/mol. The monoisotopic (exact) mass is 168 g/mol. The molecule has 1 rings (SSSR count). The lowest BCUT2D eigenvalue weighted by atomic mass is 9.43. The van der Waals surface area contributed by atoms with Crippen molar-refractivity contribution in [1.29, 1.82) is 0 Å². The third kappa shape index (κ3) is 1.03. The van der Waals surface area contributed by atoms with E-state index in [1.54, 1.807) is 0 Å². The molecule has 72 valence electrons. The fourth-order valence-corrected chi connectivity index (χ4v) is 3.40. The molecule has 0 nitrogen and oxygen atoms in total. The lowest BCUT2D eigenvalue weighted by Gasteiger charge is -2.62. The maximum atomic E-state index is 2.47. The standard InChI is InChI=1S/C12H24/c1-6-10-9-12(7-2,8-3)11(10,4)5/h10H,6-9H2,1-5H3. The highest BCUT2D eigenvalue weighted by atomic mass is 14.6. The van der Waals surface area contributed by atoms with Gasteiger partial charge in [0.1, 0.15) is 0 Å². The van der Waals surface area contributed by atoms with E-state index in [9.17, 15) is 0 Å². The van der Waals surface area contributed by atoms with Gasteiger partial charge in [-0.2, -0.15) is 0 Å². The SMILES string of the molecule is CCC1CC(CC)(CC)C1(C)C. The first-order valence-electron chi connectivity index (χ1n) is 5.54. The number of hydrogen-bond acceptors (Lipinski definition) is 0. The van der Waals surface area contributed by atoms with E-state index in [0.29, 0.717) is 10.8 Å². The van der Waals surface area contributed by atoms with Crippen LogP contribution in [0.2, 0.25) is 0 Å². The van der Waals surface area contributed by atoms with Gasteiger partial charge in [-0.3, -0.25) is 0 Å². The van der Waals surface area contributed by atoms with Gasteiger partial charge in [0.05, 0.1) is 0 Å². The Morgan fingerprint density at radius 2 is 1.58 bits per heavy atom. The predicted molar refractivity (Wildman–Crippen MR) is 55.2 cm³/mol. The molecule has 1 saturated carbocycles. The van der Waals surface area contributed by atoms with E-state index in [0.717, 1.165) is 5.92 Å². The van der Waals surface area contributed by atoms with Crippen molar-refractivity contribution in [2.24, 2.45) is 16.7 Å². The first-order valence-corrected chi connectivity index (χ1v) is 5.54. The largest absolute Gasteiger partial charge is 0.0651 e. The molecule has 0 N–H and O–H groups in total. The van der Waals surface area contributed by atoms with Crippen LogP contribution in [0.3, 0.4) is 0 Å². The van der Waals surface area contributed by atoms with Gasteiger partial charge >= 0.3 is 0 Å². The van der Waals surface area contributed by atoms with Crippen LogP contribution in [0.25, 0.3) is 0 Å². The highest BCUT2D eigenvalue weighted by molar-refractivity contribution is 5.05. The van der Waals surface area contributed by atoms with Gasteiger partial charge < -0.3 is 0 Å². The zero-order valence-electron chi connectivity index (χ0n) is 9.41. The fraction of sp³-hybridized carbons (Fsp3) is 1.00. The van der Waals surface area contributed by atoms with E-state index in [1.807, 2.05) is 0 Å². The van der Waals surface area contributed by atoms with Gasteiger partial charge in [0.15, 0.2) is 0 Å². The summed E-state index contributed by atoms with van der Waals surface area (Å²) in [6.07, 6.45) is 5.58. The Hall–Kier alpha value is 0. The van der Waals surface area contributed by atoms with Crippen molar-refractivity contribution in [3.05, 3.63) is 0 Å². The zero-order chi connectivity index (χ0) is 9.41. The Kier molecular flexibility index (Phi) is 2.56. The molecular formula is C12H24. The van der Waals surface area contributed by atoms with E-state index in [4.69, 9.17) is 0 Å². The van der Waals surface area contributed by atoms with Crippen LogP contribution in [-0.4, -0.2) is 0 Å². The maximum Gasteiger partial charge on any atom is -0.0246 e. The summed E-state index contributed by atoms with van der Waals surface area (Å²) in [5.41, 5.74) is 1.28. The first-order chi connectivity index (χ1) is 5.54. The van der Waals surface area contributed by atoms with Crippen LogP contribution >= 0.6 is 0 Å². The minimum absolute atomic E-state index is 0.602. The fourth-order valence-electron chi connectivity index (χ4n) is 3.40. The molecule has 1 fully saturated rings. The molecule has 0 saturated heterocycles. The molecule has 1 aliphatic carbocycles. The van der Waals surface area contributed by atoms with Gasteiger partial charge in [0.25, 0.3) is 0 Å². The maximum absolute atomic E-state index is 2.47. The van der Waals surface area contributed by atoms with Crippen molar-refractivity contribution >= 4 is 0 Å². The molecule has 0 aromatic rings. The lowest BCUT2D eigenvalue weighted by molar-refractivity contribution is -0.127.